The summed E-state index contributed by atoms with van der Waals surface area (Å²) in [6, 6.07) is 3.73. The van der Waals surface area contributed by atoms with E-state index in [4.69, 9.17) is 9.47 Å². The maximum Gasteiger partial charge on any atom is 0.266 e. The van der Waals surface area contributed by atoms with Crippen molar-refractivity contribution in [3.8, 4) is 5.75 Å². The summed E-state index contributed by atoms with van der Waals surface area (Å²) in [7, 11) is 0. The molecule has 2 atom stereocenters. The van der Waals surface area contributed by atoms with Crippen molar-refractivity contribution < 1.29 is 14.3 Å². The van der Waals surface area contributed by atoms with Gasteiger partial charge in [0.2, 0.25) is 0 Å². The highest BCUT2D eigenvalue weighted by molar-refractivity contribution is 9.10. The zero-order chi connectivity index (χ0) is 13.2. The fourth-order valence-electron chi connectivity index (χ4n) is 2.20. The molecule has 2 aliphatic heterocycles. The zero-order valence-corrected chi connectivity index (χ0v) is 11.8. The molecule has 0 aliphatic carbocycles. The Balaban J connectivity index is 1.70. The molecule has 7 heteroatoms. The third-order valence-corrected chi connectivity index (χ3v) is 3.57. The van der Waals surface area contributed by atoms with Gasteiger partial charge in [0.15, 0.2) is 17.7 Å². The van der Waals surface area contributed by atoms with Gasteiger partial charge in [0.1, 0.15) is 4.60 Å². The molecule has 19 heavy (non-hydrogen) atoms. The standard InChI is InChI=1S/C12H14BrN3O3/c13-10-2-1-8-11(15-10)16-12(17)9(19-8)5-7-6-18-4-3-14-7/h1-2,7,9,14H,3-6H2,(H,15,16,17). The summed E-state index contributed by atoms with van der Waals surface area (Å²) in [4.78, 5) is 16.1. The van der Waals surface area contributed by atoms with E-state index in [1.807, 2.05) is 0 Å². The van der Waals surface area contributed by atoms with Crippen LogP contribution in [0.15, 0.2) is 16.7 Å². The topological polar surface area (TPSA) is 72.5 Å². The summed E-state index contributed by atoms with van der Waals surface area (Å²) < 4.78 is 11.7. The zero-order valence-electron chi connectivity index (χ0n) is 10.2. The molecule has 1 aromatic heterocycles. The van der Waals surface area contributed by atoms with Crippen LogP contribution in [-0.4, -0.2) is 42.8 Å². The molecule has 1 aromatic rings. The molecular weight excluding hydrogens is 314 g/mol. The number of rotatable bonds is 2. The summed E-state index contributed by atoms with van der Waals surface area (Å²) in [6.45, 7) is 2.14. The first kappa shape index (κ1) is 12.8. The van der Waals surface area contributed by atoms with Crippen molar-refractivity contribution >= 4 is 27.7 Å². The summed E-state index contributed by atoms with van der Waals surface area (Å²) in [5.74, 6) is 0.901. The summed E-state index contributed by atoms with van der Waals surface area (Å²) >= 11 is 3.26. The Morgan fingerprint density at radius 1 is 1.47 bits per heavy atom. The predicted molar refractivity (Wildman–Crippen MR) is 72.2 cm³/mol. The molecule has 6 nitrogen and oxygen atoms in total. The van der Waals surface area contributed by atoms with Crippen LogP contribution < -0.4 is 15.4 Å². The molecule has 0 radical (unpaired) electrons. The molecule has 0 bridgehead atoms. The van der Waals surface area contributed by atoms with Gasteiger partial charge < -0.3 is 20.1 Å². The lowest BCUT2D eigenvalue weighted by Crippen LogP contribution is -2.47. The van der Waals surface area contributed by atoms with Crippen molar-refractivity contribution in [2.24, 2.45) is 0 Å². The van der Waals surface area contributed by atoms with Crippen LogP contribution >= 0.6 is 15.9 Å². The Bertz CT molecular complexity index is 491. The highest BCUT2D eigenvalue weighted by atomic mass is 79.9. The summed E-state index contributed by atoms with van der Waals surface area (Å²) in [5.41, 5.74) is 0. The van der Waals surface area contributed by atoms with Crippen molar-refractivity contribution in [2.45, 2.75) is 18.6 Å². The van der Waals surface area contributed by atoms with Crippen molar-refractivity contribution in [1.82, 2.24) is 10.3 Å². The smallest absolute Gasteiger partial charge is 0.266 e. The molecule has 102 valence electrons. The Hall–Kier alpha value is -1.18. The average molecular weight is 328 g/mol. The van der Waals surface area contributed by atoms with Gasteiger partial charge in [-0.25, -0.2) is 4.98 Å². The monoisotopic (exact) mass is 327 g/mol. The van der Waals surface area contributed by atoms with Crippen LogP contribution in [0.3, 0.4) is 0 Å². The van der Waals surface area contributed by atoms with Gasteiger partial charge in [-0.15, -0.1) is 0 Å². The maximum absolute atomic E-state index is 12.0. The largest absolute Gasteiger partial charge is 0.477 e. The van der Waals surface area contributed by atoms with E-state index < -0.39 is 6.10 Å². The number of aromatic nitrogens is 1. The molecule has 0 spiro atoms. The number of carbonyl (C=O) groups is 1. The molecule has 3 heterocycles. The van der Waals surface area contributed by atoms with Crippen LogP contribution in [0, 0.1) is 0 Å². The number of hydrogen-bond acceptors (Lipinski definition) is 5. The van der Waals surface area contributed by atoms with E-state index in [0.717, 1.165) is 13.2 Å². The van der Waals surface area contributed by atoms with Gasteiger partial charge in [-0.1, -0.05) is 0 Å². The second kappa shape index (κ2) is 5.44. The van der Waals surface area contributed by atoms with Crippen molar-refractivity contribution in [3.63, 3.8) is 0 Å². The third kappa shape index (κ3) is 2.88. The first-order valence-electron chi connectivity index (χ1n) is 6.17. The number of pyridine rings is 1. The molecule has 2 N–H and O–H groups in total. The van der Waals surface area contributed by atoms with E-state index in [2.05, 4.69) is 31.5 Å². The molecule has 2 unspecified atom stereocenters. The summed E-state index contributed by atoms with van der Waals surface area (Å²) in [6.07, 6.45) is 0.0797. The number of amides is 1. The Labute approximate surface area is 119 Å². The minimum absolute atomic E-state index is 0.148. The molecular formula is C12H14BrN3O3. The Morgan fingerprint density at radius 3 is 3.16 bits per heavy atom. The number of nitrogens with zero attached hydrogens (tertiary/aromatic N) is 1. The van der Waals surface area contributed by atoms with Crippen LogP contribution in [0.25, 0.3) is 0 Å². The Morgan fingerprint density at radius 2 is 2.37 bits per heavy atom. The van der Waals surface area contributed by atoms with E-state index in [9.17, 15) is 4.79 Å². The lowest BCUT2D eigenvalue weighted by Gasteiger charge is -2.30. The van der Waals surface area contributed by atoms with Crippen LogP contribution in [0.1, 0.15) is 6.42 Å². The van der Waals surface area contributed by atoms with Crippen LogP contribution in [-0.2, 0) is 9.53 Å². The first-order chi connectivity index (χ1) is 9.22. The van der Waals surface area contributed by atoms with Gasteiger partial charge in [-0.05, 0) is 28.1 Å². The van der Waals surface area contributed by atoms with E-state index in [0.29, 0.717) is 29.2 Å². The quantitative estimate of drug-likeness (QED) is 0.790. The van der Waals surface area contributed by atoms with Gasteiger partial charge in [0.25, 0.3) is 5.91 Å². The fourth-order valence-corrected chi connectivity index (χ4v) is 2.51. The van der Waals surface area contributed by atoms with Gasteiger partial charge in [-0.2, -0.15) is 0 Å². The lowest BCUT2D eigenvalue weighted by atomic mass is 10.1. The molecule has 1 saturated heterocycles. The van der Waals surface area contributed by atoms with Crippen molar-refractivity contribution in [3.05, 3.63) is 16.7 Å². The molecule has 0 aromatic carbocycles. The number of fused-ring (bicyclic) bond motifs is 1. The normalized spacial score (nSPS) is 26.3. The van der Waals surface area contributed by atoms with E-state index in [1.54, 1.807) is 12.1 Å². The lowest BCUT2D eigenvalue weighted by molar-refractivity contribution is -0.124. The molecule has 0 saturated carbocycles. The number of ether oxygens (including phenoxy) is 2. The number of nitrogens with one attached hydrogen (secondary N) is 2. The van der Waals surface area contributed by atoms with Gasteiger partial charge in [-0.3, -0.25) is 4.79 Å². The second-order valence-electron chi connectivity index (χ2n) is 4.54. The maximum atomic E-state index is 12.0. The minimum atomic E-state index is -0.505. The Kier molecular flexibility index (Phi) is 3.67. The van der Waals surface area contributed by atoms with Gasteiger partial charge in [0.05, 0.1) is 13.2 Å². The molecule has 1 fully saturated rings. The minimum Gasteiger partial charge on any atom is -0.477 e. The summed E-state index contributed by atoms with van der Waals surface area (Å²) in [5, 5.41) is 6.08. The van der Waals surface area contributed by atoms with E-state index in [-0.39, 0.29) is 11.9 Å². The van der Waals surface area contributed by atoms with E-state index >= 15 is 0 Å². The second-order valence-corrected chi connectivity index (χ2v) is 5.35. The number of halogens is 1. The highest BCUT2D eigenvalue weighted by Crippen LogP contribution is 2.30. The van der Waals surface area contributed by atoms with E-state index in [1.165, 1.54) is 0 Å². The SMILES string of the molecule is O=C1Nc2nc(Br)ccc2OC1CC1COCCN1. The van der Waals surface area contributed by atoms with Gasteiger partial charge >= 0.3 is 0 Å². The van der Waals surface area contributed by atoms with Crippen LogP contribution in [0.2, 0.25) is 0 Å². The number of hydrogen-bond donors (Lipinski definition) is 2. The molecule has 1 amide bonds. The van der Waals surface area contributed by atoms with Gasteiger partial charge in [0, 0.05) is 19.0 Å². The molecule has 3 rings (SSSR count). The van der Waals surface area contributed by atoms with Crippen molar-refractivity contribution in [2.75, 3.05) is 25.1 Å². The first-order valence-corrected chi connectivity index (χ1v) is 6.97. The molecule has 2 aliphatic rings. The van der Waals surface area contributed by atoms with Crippen LogP contribution in [0.4, 0.5) is 5.82 Å². The predicted octanol–water partition coefficient (Wildman–Crippen LogP) is 0.922. The van der Waals surface area contributed by atoms with Crippen molar-refractivity contribution in [1.29, 1.82) is 0 Å². The number of carbonyl (C=O) groups excluding carboxylic acids is 1. The fraction of sp³-hybridized carbons (Fsp3) is 0.500. The third-order valence-electron chi connectivity index (χ3n) is 3.12. The number of anilines is 1. The van der Waals surface area contributed by atoms with Crippen LogP contribution in [0.5, 0.6) is 5.75 Å². The average Bonchev–Trinajstić information content (AvgIpc) is 2.41. The number of morpholine rings is 1. The highest BCUT2D eigenvalue weighted by Gasteiger charge is 2.31.